The lowest BCUT2D eigenvalue weighted by Crippen LogP contribution is -2.42. The molecule has 1 N–H and O–H groups in total. The van der Waals surface area contributed by atoms with Crippen molar-refractivity contribution in [2.75, 3.05) is 6.61 Å². The molecule has 0 spiro atoms. The molecule has 0 atom stereocenters. The first-order chi connectivity index (χ1) is 8.69. The van der Waals surface area contributed by atoms with Gasteiger partial charge in [-0.05, 0) is 39.0 Å². The number of carbonyl (C=O) groups is 2. The summed E-state index contributed by atoms with van der Waals surface area (Å²) < 4.78 is 18.1. The van der Waals surface area contributed by atoms with Crippen LogP contribution in [-0.2, 0) is 9.53 Å². The van der Waals surface area contributed by atoms with Gasteiger partial charge in [0.05, 0.1) is 5.56 Å². The van der Waals surface area contributed by atoms with Crippen molar-refractivity contribution < 1.29 is 18.7 Å². The van der Waals surface area contributed by atoms with E-state index in [1.165, 1.54) is 12.1 Å². The summed E-state index contributed by atoms with van der Waals surface area (Å²) in [7, 11) is 0. The van der Waals surface area contributed by atoms with E-state index in [0.29, 0.717) is 0 Å². The maximum atomic E-state index is 13.4. The summed E-state index contributed by atoms with van der Waals surface area (Å²) in [6.07, 6.45) is 0. The van der Waals surface area contributed by atoms with Crippen molar-refractivity contribution in [2.24, 2.45) is 0 Å². The van der Waals surface area contributed by atoms with Gasteiger partial charge in [-0.2, -0.15) is 0 Å². The Morgan fingerprint density at radius 1 is 1.37 bits per heavy atom. The summed E-state index contributed by atoms with van der Waals surface area (Å²) >= 11 is 5.57. The molecule has 104 valence electrons. The standard InChI is InChI=1S/C13H15ClFNO3/c1-13(2,3)16-11(17)7-19-12(18)9-5-4-8(14)6-10(9)15/h4-6H,7H2,1-3H3,(H,16,17). The number of hydrogen-bond acceptors (Lipinski definition) is 3. The summed E-state index contributed by atoms with van der Waals surface area (Å²) in [6.45, 7) is 4.93. The van der Waals surface area contributed by atoms with Gasteiger partial charge in [0.2, 0.25) is 0 Å². The molecule has 1 amide bonds. The van der Waals surface area contributed by atoms with Crippen molar-refractivity contribution in [3.8, 4) is 0 Å². The zero-order valence-electron chi connectivity index (χ0n) is 10.9. The number of amides is 1. The predicted octanol–water partition coefficient (Wildman–Crippen LogP) is 2.55. The minimum absolute atomic E-state index is 0.180. The normalized spacial score (nSPS) is 11.0. The van der Waals surface area contributed by atoms with E-state index in [4.69, 9.17) is 16.3 Å². The minimum Gasteiger partial charge on any atom is -0.452 e. The van der Waals surface area contributed by atoms with Crippen LogP contribution in [0.4, 0.5) is 4.39 Å². The maximum absolute atomic E-state index is 13.4. The second-order valence-corrected chi connectivity index (χ2v) is 5.43. The van der Waals surface area contributed by atoms with Crippen LogP contribution in [0.25, 0.3) is 0 Å². The Morgan fingerprint density at radius 2 is 2.00 bits per heavy atom. The lowest BCUT2D eigenvalue weighted by atomic mass is 10.1. The van der Waals surface area contributed by atoms with Crippen molar-refractivity contribution in [2.45, 2.75) is 26.3 Å². The molecule has 0 saturated carbocycles. The number of esters is 1. The summed E-state index contributed by atoms with van der Waals surface area (Å²) in [4.78, 5) is 23.0. The number of ether oxygens (including phenoxy) is 1. The van der Waals surface area contributed by atoms with Crippen LogP contribution < -0.4 is 5.32 Å². The zero-order chi connectivity index (χ0) is 14.6. The quantitative estimate of drug-likeness (QED) is 0.869. The molecule has 0 unspecified atom stereocenters. The highest BCUT2D eigenvalue weighted by molar-refractivity contribution is 6.30. The molecule has 0 aliphatic carbocycles. The number of carbonyl (C=O) groups excluding carboxylic acids is 2. The fourth-order valence-corrected chi connectivity index (χ4v) is 1.48. The first-order valence-electron chi connectivity index (χ1n) is 5.62. The van der Waals surface area contributed by atoms with Crippen LogP contribution in [-0.4, -0.2) is 24.0 Å². The van der Waals surface area contributed by atoms with Crippen molar-refractivity contribution in [1.29, 1.82) is 0 Å². The summed E-state index contributed by atoms with van der Waals surface area (Å²) in [5.41, 5.74) is -0.678. The number of hydrogen-bond donors (Lipinski definition) is 1. The van der Waals surface area contributed by atoms with Crippen molar-refractivity contribution >= 4 is 23.5 Å². The number of benzene rings is 1. The molecule has 0 heterocycles. The van der Waals surface area contributed by atoms with Crippen LogP contribution >= 0.6 is 11.6 Å². The monoisotopic (exact) mass is 287 g/mol. The molecule has 1 aromatic carbocycles. The average Bonchev–Trinajstić information content (AvgIpc) is 2.23. The Balaban J connectivity index is 2.59. The van der Waals surface area contributed by atoms with E-state index >= 15 is 0 Å². The van der Waals surface area contributed by atoms with Crippen LogP contribution in [0, 0.1) is 5.82 Å². The molecule has 1 rings (SSSR count). The van der Waals surface area contributed by atoms with Crippen LogP contribution in [0.1, 0.15) is 31.1 Å². The summed E-state index contributed by atoms with van der Waals surface area (Å²) in [6, 6.07) is 3.59. The van der Waals surface area contributed by atoms with Crippen LogP contribution in [0.15, 0.2) is 18.2 Å². The van der Waals surface area contributed by atoms with Gasteiger partial charge in [0.1, 0.15) is 5.82 Å². The van der Waals surface area contributed by atoms with E-state index < -0.39 is 29.8 Å². The van der Waals surface area contributed by atoms with E-state index in [2.05, 4.69) is 5.32 Å². The largest absolute Gasteiger partial charge is 0.452 e. The van der Waals surface area contributed by atoms with Gasteiger partial charge >= 0.3 is 5.97 Å². The van der Waals surface area contributed by atoms with E-state index in [9.17, 15) is 14.0 Å². The number of rotatable bonds is 3. The molecular weight excluding hydrogens is 273 g/mol. The predicted molar refractivity (Wildman–Crippen MR) is 69.6 cm³/mol. The Hall–Kier alpha value is -1.62. The Morgan fingerprint density at radius 3 is 2.53 bits per heavy atom. The molecule has 0 radical (unpaired) electrons. The third-order valence-electron chi connectivity index (χ3n) is 2.00. The van der Waals surface area contributed by atoms with E-state index in [-0.39, 0.29) is 10.6 Å². The number of halogens is 2. The van der Waals surface area contributed by atoms with E-state index in [1.54, 1.807) is 20.8 Å². The van der Waals surface area contributed by atoms with Gasteiger partial charge in [0.25, 0.3) is 5.91 Å². The van der Waals surface area contributed by atoms with Gasteiger partial charge in [-0.25, -0.2) is 9.18 Å². The van der Waals surface area contributed by atoms with Crippen LogP contribution in [0.2, 0.25) is 5.02 Å². The Kier molecular flexibility index (Phi) is 4.89. The first kappa shape index (κ1) is 15.4. The highest BCUT2D eigenvalue weighted by Crippen LogP contribution is 2.15. The smallest absolute Gasteiger partial charge is 0.341 e. The summed E-state index contributed by atoms with van der Waals surface area (Å²) in [5.74, 6) is -2.14. The van der Waals surface area contributed by atoms with Crippen molar-refractivity contribution in [3.05, 3.63) is 34.6 Å². The highest BCUT2D eigenvalue weighted by atomic mass is 35.5. The molecular formula is C13H15ClFNO3. The number of nitrogens with one attached hydrogen (secondary N) is 1. The minimum atomic E-state index is -0.904. The van der Waals surface area contributed by atoms with E-state index in [1.807, 2.05) is 0 Å². The molecule has 0 aliphatic rings. The third-order valence-corrected chi connectivity index (χ3v) is 2.23. The topological polar surface area (TPSA) is 55.4 Å². The molecule has 0 bridgehead atoms. The van der Waals surface area contributed by atoms with Crippen LogP contribution in [0.3, 0.4) is 0 Å². The molecule has 0 aromatic heterocycles. The van der Waals surface area contributed by atoms with Gasteiger partial charge in [-0.15, -0.1) is 0 Å². The van der Waals surface area contributed by atoms with Gasteiger partial charge in [0, 0.05) is 10.6 Å². The average molecular weight is 288 g/mol. The van der Waals surface area contributed by atoms with Crippen LogP contribution in [0.5, 0.6) is 0 Å². The fraction of sp³-hybridized carbons (Fsp3) is 0.385. The highest BCUT2D eigenvalue weighted by Gasteiger charge is 2.17. The Bertz CT molecular complexity index is 497. The lowest BCUT2D eigenvalue weighted by Gasteiger charge is -2.20. The zero-order valence-corrected chi connectivity index (χ0v) is 11.7. The maximum Gasteiger partial charge on any atom is 0.341 e. The SMILES string of the molecule is CC(C)(C)NC(=O)COC(=O)c1ccc(Cl)cc1F. The van der Waals surface area contributed by atoms with Gasteiger partial charge in [-0.3, -0.25) is 4.79 Å². The molecule has 0 fully saturated rings. The van der Waals surface area contributed by atoms with Crippen molar-refractivity contribution in [3.63, 3.8) is 0 Å². The summed E-state index contributed by atoms with van der Waals surface area (Å²) in [5, 5.41) is 2.80. The van der Waals surface area contributed by atoms with Gasteiger partial charge in [-0.1, -0.05) is 11.6 Å². The third kappa shape index (κ3) is 5.26. The Labute approximate surface area is 115 Å². The molecule has 19 heavy (non-hydrogen) atoms. The fourth-order valence-electron chi connectivity index (χ4n) is 1.32. The van der Waals surface area contributed by atoms with E-state index in [0.717, 1.165) is 6.07 Å². The van der Waals surface area contributed by atoms with Gasteiger partial charge < -0.3 is 10.1 Å². The molecule has 4 nitrogen and oxygen atoms in total. The second kappa shape index (κ2) is 6.02. The molecule has 0 saturated heterocycles. The van der Waals surface area contributed by atoms with Crippen molar-refractivity contribution in [1.82, 2.24) is 5.32 Å². The lowest BCUT2D eigenvalue weighted by molar-refractivity contribution is -0.125. The molecule has 0 aliphatic heterocycles. The molecule has 6 heteroatoms. The second-order valence-electron chi connectivity index (χ2n) is 5.00. The first-order valence-corrected chi connectivity index (χ1v) is 6.00. The molecule has 1 aromatic rings. The van der Waals surface area contributed by atoms with Gasteiger partial charge in [0.15, 0.2) is 6.61 Å².